The first-order chi connectivity index (χ1) is 7.86. The lowest BCUT2D eigenvalue weighted by Gasteiger charge is -2.29. The Kier molecular flexibility index (Phi) is 4.34. The fourth-order valence-electron chi connectivity index (χ4n) is 1.87. The molecule has 1 amide bonds. The highest BCUT2D eigenvalue weighted by Crippen LogP contribution is 2.12. The van der Waals surface area contributed by atoms with Crippen LogP contribution in [0.4, 0.5) is 0 Å². The minimum Gasteiger partial charge on any atom is -0.464 e. The van der Waals surface area contributed by atoms with Crippen LogP contribution in [0, 0.1) is 6.92 Å². The minimum absolute atomic E-state index is 0.0633. The molecule has 0 unspecified atom stereocenters. The van der Waals surface area contributed by atoms with Gasteiger partial charge in [0.05, 0.1) is 12.1 Å². The molecule has 0 atom stereocenters. The van der Waals surface area contributed by atoms with Gasteiger partial charge in [-0.15, -0.1) is 0 Å². The van der Waals surface area contributed by atoms with Crippen LogP contribution in [0.3, 0.4) is 0 Å². The van der Waals surface area contributed by atoms with Crippen LogP contribution in [-0.2, 0) is 11.3 Å². The second kappa shape index (κ2) is 5.36. The van der Waals surface area contributed by atoms with Crippen molar-refractivity contribution in [2.75, 3.05) is 13.6 Å². The molecule has 0 aromatic carbocycles. The predicted octanol–water partition coefficient (Wildman–Crippen LogP) is 1.93. The van der Waals surface area contributed by atoms with Gasteiger partial charge >= 0.3 is 0 Å². The van der Waals surface area contributed by atoms with Gasteiger partial charge in [-0.2, -0.15) is 0 Å². The largest absolute Gasteiger partial charge is 0.464 e. The first kappa shape index (κ1) is 13.8. The summed E-state index contributed by atoms with van der Waals surface area (Å²) in [5.74, 6) is 1.74. The van der Waals surface area contributed by atoms with Gasteiger partial charge in [-0.1, -0.05) is 6.92 Å². The molecule has 0 radical (unpaired) electrons. The van der Waals surface area contributed by atoms with E-state index in [-0.39, 0.29) is 5.91 Å². The summed E-state index contributed by atoms with van der Waals surface area (Å²) in [4.78, 5) is 13.9. The Morgan fingerprint density at radius 2 is 2.12 bits per heavy atom. The lowest BCUT2D eigenvalue weighted by Crippen LogP contribution is -2.52. The van der Waals surface area contributed by atoms with E-state index in [4.69, 9.17) is 4.42 Å². The van der Waals surface area contributed by atoms with Gasteiger partial charge in [0.1, 0.15) is 11.5 Å². The Morgan fingerprint density at radius 3 is 2.59 bits per heavy atom. The maximum Gasteiger partial charge on any atom is 0.242 e. The van der Waals surface area contributed by atoms with Crippen molar-refractivity contribution in [3.8, 4) is 0 Å². The number of aryl methyl sites for hydroxylation is 1. The minimum atomic E-state index is -0.537. The van der Waals surface area contributed by atoms with Crippen molar-refractivity contribution < 1.29 is 9.21 Å². The van der Waals surface area contributed by atoms with Gasteiger partial charge in [0.25, 0.3) is 0 Å². The second-order valence-corrected chi connectivity index (χ2v) is 4.83. The first-order valence-corrected chi connectivity index (χ1v) is 5.92. The van der Waals surface area contributed by atoms with E-state index >= 15 is 0 Å². The van der Waals surface area contributed by atoms with Crippen molar-refractivity contribution in [3.05, 3.63) is 23.7 Å². The third-order valence-electron chi connectivity index (χ3n) is 2.69. The zero-order valence-corrected chi connectivity index (χ0v) is 11.3. The lowest BCUT2D eigenvalue weighted by molar-refractivity contribution is -0.136. The number of nitrogens with zero attached hydrogens (tertiary/aromatic N) is 1. The highest BCUT2D eigenvalue weighted by atomic mass is 16.3. The third-order valence-corrected chi connectivity index (χ3v) is 2.69. The van der Waals surface area contributed by atoms with Crippen LogP contribution in [0.5, 0.6) is 0 Å². The van der Waals surface area contributed by atoms with Gasteiger partial charge in [0.2, 0.25) is 5.91 Å². The Labute approximate surface area is 103 Å². The number of carbonyl (C=O) groups excluding carboxylic acids is 1. The monoisotopic (exact) mass is 238 g/mol. The molecule has 0 fully saturated rings. The molecule has 4 heteroatoms. The van der Waals surface area contributed by atoms with Gasteiger partial charge in [0, 0.05) is 7.05 Å². The van der Waals surface area contributed by atoms with Crippen molar-refractivity contribution in [2.45, 2.75) is 39.8 Å². The zero-order chi connectivity index (χ0) is 13.1. The van der Waals surface area contributed by atoms with Gasteiger partial charge in [0.15, 0.2) is 0 Å². The molecule has 1 aromatic rings. The van der Waals surface area contributed by atoms with Crippen molar-refractivity contribution >= 4 is 5.91 Å². The van der Waals surface area contributed by atoms with Crippen LogP contribution in [0.25, 0.3) is 0 Å². The van der Waals surface area contributed by atoms with E-state index in [1.54, 1.807) is 11.9 Å². The summed E-state index contributed by atoms with van der Waals surface area (Å²) < 4.78 is 5.46. The molecule has 0 aliphatic rings. The molecule has 1 rings (SSSR count). The number of rotatable bonds is 5. The highest BCUT2D eigenvalue weighted by molar-refractivity contribution is 5.85. The first-order valence-electron chi connectivity index (χ1n) is 5.92. The summed E-state index contributed by atoms with van der Waals surface area (Å²) in [7, 11) is 1.79. The number of carbonyl (C=O) groups is 1. The van der Waals surface area contributed by atoms with Crippen LogP contribution < -0.4 is 5.32 Å². The lowest BCUT2D eigenvalue weighted by atomic mass is 10.0. The van der Waals surface area contributed by atoms with E-state index in [1.165, 1.54) is 0 Å². The SMILES string of the molecule is CCNC(C)(C)C(=O)N(C)Cc1ccc(C)o1. The normalized spacial score (nSPS) is 11.6. The zero-order valence-electron chi connectivity index (χ0n) is 11.3. The summed E-state index contributed by atoms with van der Waals surface area (Å²) in [6.07, 6.45) is 0. The molecule has 4 nitrogen and oxygen atoms in total. The molecule has 0 aliphatic carbocycles. The molecule has 17 heavy (non-hydrogen) atoms. The van der Waals surface area contributed by atoms with Crippen molar-refractivity contribution in [2.24, 2.45) is 0 Å². The van der Waals surface area contributed by atoms with E-state index in [0.717, 1.165) is 18.1 Å². The van der Waals surface area contributed by atoms with Gasteiger partial charge < -0.3 is 14.6 Å². The summed E-state index contributed by atoms with van der Waals surface area (Å²) in [6, 6.07) is 3.81. The van der Waals surface area contributed by atoms with Crippen LogP contribution in [-0.4, -0.2) is 29.9 Å². The number of amides is 1. The van der Waals surface area contributed by atoms with Crippen LogP contribution in [0.2, 0.25) is 0 Å². The van der Waals surface area contributed by atoms with E-state index in [1.807, 2.05) is 39.8 Å². The molecular formula is C13H22N2O2. The van der Waals surface area contributed by atoms with E-state index in [0.29, 0.717) is 6.54 Å². The molecule has 0 aliphatic heterocycles. The third kappa shape index (κ3) is 3.60. The topological polar surface area (TPSA) is 45.5 Å². The molecule has 0 spiro atoms. The number of hydrogen-bond donors (Lipinski definition) is 1. The fraction of sp³-hybridized carbons (Fsp3) is 0.615. The Hall–Kier alpha value is -1.29. The summed E-state index contributed by atoms with van der Waals surface area (Å²) >= 11 is 0. The van der Waals surface area contributed by atoms with E-state index in [9.17, 15) is 4.79 Å². The smallest absolute Gasteiger partial charge is 0.242 e. The molecule has 1 heterocycles. The standard InChI is InChI=1S/C13H22N2O2/c1-6-14-13(3,4)12(16)15(5)9-11-8-7-10(2)17-11/h7-8,14H,6,9H2,1-5H3. The summed E-state index contributed by atoms with van der Waals surface area (Å²) in [5, 5.41) is 3.17. The van der Waals surface area contributed by atoms with E-state index in [2.05, 4.69) is 5.32 Å². The molecule has 0 bridgehead atoms. The average Bonchev–Trinajstić information content (AvgIpc) is 2.62. The number of furan rings is 1. The van der Waals surface area contributed by atoms with Gasteiger partial charge in [-0.25, -0.2) is 0 Å². The molecule has 1 aromatic heterocycles. The summed E-state index contributed by atoms with van der Waals surface area (Å²) in [6.45, 7) is 8.94. The molecule has 0 saturated heterocycles. The molecule has 1 N–H and O–H groups in total. The molecule has 96 valence electrons. The number of likely N-dealkylation sites (N-methyl/N-ethyl adjacent to an activating group) is 2. The van der Waals surface area contributed by atoms with Gasteiger partial charge in [-0.05, 0) is 39.4 Å². The van der Waals surface area contributed by atoms with Crippen molar-refractivity contribution in [3.63, 3.8) is 0 Å². The Bertz CT molecular complexity index is 383. The van der Waals surface area contributed by atoms with Crippen LogP contribution in [0.15, 0.2) is 16.5 Å². The quantitative estimate of drug-likeness (QED) is 0.852. The fourth-order valence-corrected chi connectivity index (χ4v) is 1.87. The number of nitrogens with one attached hydrogen (secondary N) is 1. The number of hydrogen-bond acceptors (Lipinski definition) is 3. The van der Waals surface area contributed by atoms with E-state index < -0.39 is 5.54 Å². The van der Waals surface area contributed by atoms with Crippen LogP contribution in [0.1, 0.15) is 32.3 Å². The Balaban J connectivity index is 2.64. The maximum absolute atomic E-state index is 12.2. The highest BCUT2D eigenvalue weighted by Gasteiger charge is 2.29. The Morgan fingerprint density at radius 1 is 1.47 bits per heavy atom. The molecular weight excluding hydrogens is 216 g/mol. The van der Waals surface area contributed by atoms with Gasteiger partial charge in [-0.3, -0.25) is 4.79 Å². The molecule has 0 saturated carbocycles. The predicted molar refractivity (Wildman–Crippen MR) is 67.7 cm³/mol. The maximum atomic E-state index is 12.2. The average molecular weight is 238 g/mol. The summed E-state index contributed by atoms with van der Waals surface area (Å²) in [5.41, 5.74) is -0.537. The van der Waals surface area contributed by atoms with Crippen LogP contribution >= 0.6 is 0 Å². The second-order valence-electron chi connectivity index (χ2n) is 4.83. The van der Waals surface area contributed by atoms with Crippen molar-refractivity contribution in [1.29, 1.82) is 0 Å². The van der Waals surface area contributed by atoms with Crippen molar-refractivity contribution in [1.82, 2.24) is 10.2 Å².